The van der Waals surface area contributed by atoms with E-state index < -0.39 is 12.0 Å². The first-order valence-corrected chi connectivity index (χ1v) is 3.61. The van der Waals surface area contributed by atoms with Crippen LogP contribution in [0.3, 0.4) is 0 Å². The molecule has 0 radical (unpaired) electrons. The molecule has 5 nitrogen and oxygen atoms in total. The third kappa shape index (κ3) is 2.26. The first-order chi connectivity index (χ1) is 6.25. The van der Waals surface area contributed by atoms with Gasteiger partial charge in [0.25, 0.3) is 0 Å². The summed E-state index contributed by atoms with van der Waals surface area (Å²) >= 11 is 0. The van der Waals surface area contributed by atoms with Gasteiger partial charge >= 0.3 is 5.97 Å². The molecule has 1 aromatic rings. The van der Waals surface area contributed by atoms with E-state index in [1.165, 1.54) is 0 Å². The third-order valence-corrected chi connectivity index (χ3v) is 1.56. The van der Waals surface area contributed by atoms with Crippen molar-refractivity contribution >= 4 is 5.97 Å². The highest BCUT2D eigenvalue weighted by Crippen LogP contribution is 2.11. The molecule has 13 heavy (non-hydrogen) atoms. The molecule has 0 aliphatic carbocycles. The van der Waals surface area contributed by atoms with Crippen LogP contribution in [-0.4, -0.2) is 11.1 Å². The smallest absolute Gasteiger partial charge is 0.332 e. The van der Waals surface area contributed by atoms with Gasteiger partial charge in [0, 0.05) is 0 Å². The Bertz CT molecular complexity index is 300. The van der Waals surface area contributed by atoms with Gasteiger partial charge in [-0.1, -0.05) is 30.3 Å². The van der Waals surface area contributed by atoms with E-state index in [4.69, 9.17) is 5.11 Å². The minimum absolute atomic E-state index is 0.495. The molecule has 0 aliphatic heterocycles. The Labute approximate surface area is 74.3 Å². The minimum Gasteiger partial charge on any atom is -0.479 e. The van der Waals surface area contributed by atoms with Gasteiger partial charge < -0.3 is 5.11 Å². The largest absolute Gasteiger partial charge is 0.479 e. The molecule has 5 heteroatoms. The minimum atomic E-state index is -1.13. The number of rotatable bonds is 4. The number of nitrogens with zero attached hydrogens (tertiary/aromatic N) is 1. The summed E-state index contributed by atoms with van der Waals surface area (Å²) < 4.78 is 0. The molecule has 0 heterocycles. The molecule has 2 N–H and O–H groups in total. The summed E-state index contributed by atoms with van der Waals surface area (Å²) in [6.07, 6.45) is 0. The summed E-state index contributed by atoms with van der Waals surface area (Å²) in [4.78, 5) is 20.5. The summed E-state index contributed by atoms with van der Waals surface area (Å²) in [5.41, 5.74) is 2.46. The topological polar surface area (TPSA) is 78.8 Å². The van der Waals surface area contributed by atoms with Crippen molar-refractivity contribution in [1.29, 1.82) is 0 Å². The van der Waals surface area contributed by atoms with Gasteiger partial charge in [-0.2, -0.15) is 0 Å². The quantitative estimate of drug-likeness (QED) is 0.536. The number of carbonyl (C=O) groups is 1. The molecule has 1 unspecified atom stereocenters. The Morgan fingerprint density at radius 2 is 2.00 bits per heavy atom. The van der Waals surface area contributed by atoms with Gasteiger partial charge in [-0.15, -0.1) is 4.91 Å². The molecular formula is C8H8N2O3. The van der Waals surface area contributed by atoms with Gasteiger partial charge in [0.05, 0.1) is 5.29 Å². The third-order valence-electron chi connectivity index (χ3n) is 1.56. The highest BCUT2D eigenvalue weighted by molar-refractivity contribution is 5.75. The first-order valence-electron chi connectivity index (χ1n) is 3.61. The summed E-state index contributed by atoms with van der Waals surface area (Å²) in [6.45, 7) is 0. The average molecular weight is 180 g/mol. The van der Waals surface area contributed by atoms with E-state index in [0.29, 0.717) is 5.56 Å². The maximum Gasteiger partial charge on any atom is 0.332 e. The lowest BCUT2D eigenvalue weighted by Crippen LogP contribution is -2.23. The molecule has 1 atom stereocenters. The van der Waals surface area contributed by atoms with Crippen molar-refractivity contribution in [3.8, 4) is 0 Å². The van der Waals surface area contributed by atoms with Crippen molar-refractivity contribution in [1.82, 2.24) is 5.43 Å². The number of aliphatic carboxylic acids is 1. The van der Waals surface area contributed by atoms with Crippen LogP contribution < -0.4 is 5.43 Å². The van der Waals surface area contributed by atoms with Gasteiger partial charge in [0.1, 0.15) is 0 Å². The van der Waals surface area contributed by atoms with Crippen molar-refractivity contribution in [3.63, 3.8) is 0 Å². The molecule has 0 saturated carbocycles. The number of benzene rings is 1. The van der Waals surface area contributed by atoms with E-state index in [9.17, 15) is 9.70 Å². The standard InChI is InChI=1S/C8H8N2O3/c11-8(12)7(9-10-13)6-4-2-1-3-5-6/h1-5,7H,(H,9,13)(H,11,12). The van der Waals surface area contributed by atoms with Crippen LogP contribution in [0.25, 0.3) is 0 Å². The Balaban J connectivity index is 2.88. The highest BCUT2D eigenvalue weighted by Gasteiger charge is 2.18. The molecule has 0 aliphatic rings. The number of hydrogen-bond donors (Lipinski definition) is 2. The molecule has 0 bridgehead atoms. The van der Waals surface area contributed by atoms with E-state index in [-0.39, 0.29) is 0 Å². The SMILES string of the molecule is O=NNC(C(=O)O)c1ccccc1. The molecule has 68 valence electrons. The fraction of sp³-hybridized carbons (Fsp3) is 0.125. The Morgan fingerprint density at radius 3 is 2.46 bits per heavy atom. The predicted molar refractivity (Wildman–Crippen MR) is 45.7 cm³/mol. The Kier molecular flexibility index (Phi) is 2.97. The van der Waals surface area contributed by atoms with Crippen LogP contribution in [-0.2, 0) is 4.79 Å². The molecular weight excluding hydrogens is 172 g/mol. The molecule has 0 spiro atoms. The monoisotopic (exact) mass is 180 g/mol. The molecule has 0 amide bonds. The summed E-state index contributed by atoms with van der Waals surface area (Å²) in [5, 5.41) is 11.0. The van der Waals surface area contributed by atoms with Gasteiger partial charge in [-0.05, 0) is 5.56 Å². The van der Waals surface area contributed by atoms with E-state index in [1.54, 1.807) is 30.3 Å². The number of nitroso groups, excluding NO2 is 1. The van der Waals surface area contributed by atoms with Gasteiger partial charge in [-0.3, -0.25) is 5.43 Å². The number of carboxylic acid groups (broad SMARTS) is 1. The lowest BCUT2D eigenvalue weighted by molar-refractivity contribution is -0.139. The van der Waals surface area contributed by atoms with E-state index in [2.05, 4.69) is 5.29 Å². The van der Waals surface area contributed by atoms with Gasteiger partial charge in [0.15, 0.2) is 6.04 Å². The zero-order chi connectivity index (χ0) is 9.68. The number of nitrogens with one attached hydrogen (secondary N) is 1. The Morgan fingerprint density at radius 1 is 1.38 bits per heavy atom. The van der Waals surface area contributed by atoms with E-state index in [1.807, 2.05) is 5.43 Å². The maximum atomic E-state index is 10.6. The van der Waals surface area contributed by atoms with Crippen LogP contribution in [0.15, 0.2) is 35.6 Å². The second-order valence-corrected chi connectivity index (χ2v) is 2.40. The van der Waals surface area contributed by atoms with Crippen LogP contribution in [0.4, 0.5) is 0 Å². The average Bonchev–Trinajstić information content (AvgIpc) is 2.15. The summed E-state index contributed by atoms with van der Waals surface area (Å²) in [7, 11) is 0. The van der Waals surface area contributed by atoms with Crippen molar-refractivity contribution < 1.29 is 9.90 Å². The lowest BCUT2D eigenvalue weighted by Gasteiger charge is -2.08. The Hall–Kier alpha value is -1.91. The summed E-state index contributed by atoms with van der Waals surface area (Å²) in [5.74, 6) is -1.13. The van der Waals surface area contributed by atoms with Crippen LogP contribution in [0.5, 0.6) is 0 Å². The second-order valence-electron chi connectivity index (χ2n) is 2.40. The predicted octanol–water partition coefficient (Wildman–Crippen LogP) is 1.08. The van der Waals surface area contributed by atoms with E-state index >= 15 is 0 Å². The second kappa shape index (κ2) is 4.20. The molecule has 0 saturated heterocycles. The normalized spacial score (nSPS) is 11.7. The van der Waals surface area contributed by atoms with Crippen LogP contribution in [0, 0.1) is 4.91 Å². The molecule has 0 aromatic heterocycles. The zero-order valence-electron chi connectivity index (χ0n) is 6.68. The van der Waals surface area contributed by atoms with Gasteiger partial charge in [-0.25, -0.2) is 4.79 Å². The molecule has 1 aromatic carbocycles. The van der Waals surface area contributed by atoms with Gasteiger partial charge in [0.2, 0.25) is 0 Å². The highest BCUT2D eigenvalue weighted by atomic mass is 16.4. The summed E-state index contributed by atoms with van der Waals surface area (Å²) in [6, 6.07) is 7.29. The lowest BCUT2D eigenvalue weighted by atomic mass is 10.1. The number of hydrogen-bond acceptors (Lipinski definition) is 3. The fourth-order valence-corrected chi connectivity index (χ4v) is 0.971. The van der Waals surface area contributed by atoms with Crippen LogP contribution >= 0.6 is 0 Å². The van der Waals surface area contributed by atoms with Crippen molar-refractivity contribution in [2.24, 2.45) is 5.29 Å². The van der Waals surface area contributed by atoms with E-state index in [0.717, 1.165) is 0 Å². The van der Waals surface area contributed by atoms with Crippen molar-refractivity contribution in [2.45, 2.75) is 6.04 Å². The van der Waals surface area contributed by atoms with Crippen molar-refractivity contribution in [2.75, 3.05) is 0 Å². The van der Waals surface area contributed by atoms with Crippen molar-refractivity contribution in [3.05, 3.63) is 40.8 Å². The zero-order valence-corrected chi connectivity index (χ0v) is 6.68. The molecule has 1 rings (SSSR count). The maximum absolute atomic E-state index is 10.6. The van der Waals surface area contributed by atoms with Crippen LogP contribution in [0.1, 0.15) is 11.6 Å². The van der Waals surface area contributed by atoms with Crippen LogP contribution in [0.2, 0.25) is 0 Å². The number of carboxylic acids is 1. The molecule has 0 fully saturated rings. The first kappa shape index (κ1) is 9.18. The fourth-order valence-electron chi connectivity index (χ4n) is 0.971.